The standard InChI is InChI=1S/C21H28FO2Si/c1-14-2-11-19(12-20(14)22)24-21(23)18-9-7-17(8-10-18)16-5-3-15(13-25)4-6-16/h2,11-12,15-18H,3-10,13H2,1H3. The third-order valence-corrected chi connectivity index (χ3v) is 6.89. The van der Waals surface area contributed by atoms with E-state index in [0.29, 0.717) is 11.3 Å². The van der Waals surface area contributed by atoms with Gasteiger partial charge in [-0.2, -0.15) is 0 Å². The minimum Gasteiger partial charge on any atom is -0.426 e. The zero-order valence-electron chi connectivity index (χ0n) is 15.1. The average molecular weight is 360 g/mol. The van der Waals surface area contributed by atoms with Crippen LogP contribution in [0.2, 0.25) is 6.04 Å². The van der Waals surface area contributed by atoms with Gasteiger partial charge in [-0.05, 0) is 74.8 Å². The average Bonchev–Trinajstić information content (AvgIpc) is 2.65. The van der Waals surface area contributed by atoms with Crippen LogP contribution in [-0.2, 0) is 4.79 Å². The maximum absolute atomic E-state index is 13.6. The van der Waals surface area contributed by atoms with Gasteiger partial charge in [-0.1, -0.05) is 25.0 Å². The summed E-state index contributed by atoms with van der Waals surface area (Å²) in [6.45, 7) is 1.70. The molecule has 0 aromatic heterocycles. The number of rotatable bonds is 4. The summed E-state index contributed by atoms with van der Waals surface area (Å²) in [5.74, 6) is 2.25. The number of carbonyl (C=O) groups excluding carboxylic acids is 1. The Labute approximate surface area is 154 Å². The number of carbonyl (C=O) groups is 1. The molecular weight excluding hydrogens is 331 g/mol. The summed E-state index contributed by atoms with van der Waals surface area (Å²) in [7, 11) is 3.66. The van der Waals surface area contributed by atoms with Crippen molar-refractivity contribution >= 4 is 16.2 Å². The van der Waals surface area contributed by atoms with Crippen LogP contribution in [-0.4, -0.2) is 16.2 Å². The fourth-order valence-electron chi connectivity index (χ4n) is 4.53. The third-order valence-electron chi connectivity index (χ3n) is 6.31. The van der Waals surface area contributed by atoms with Gasteiger partial charge in [-0.3, -0.25) is 4.79 Å². The number of hydrogen-bond donors (Lipinski definition) is 0. The van der Waals surface area contributed by atoms with Gasteiger partial charge in [0.25, 0.3) is 0 Å². The van der Waals surface area contributed by atoms with Gasteiger partial charge >= 0.3 is 5.97 Å². The van der Waals surface area contributed by atoms with Gasteiger partial charge in [-0.15, -0.1) is 0 Å². The topological polar surface area (TPSA) is 26.3 Å². The maximum Gasteiger partial charge on any atom is 0.314 e. The molecule has 0 unspecified atom stereocenters. The quantitative estimate of drug-likeness (QED) is 0.417. The highest BCUT2D eigenvalue weighted by Gasteiger charge is 2.33. The molecule has 2 fully saturated rings. The molecule has 0 spiro atoms. The second kappa shape index (κ2) is 8.48. The van der Waals surface area contributed by atoms with Crippen molar-refractivity contribution < 1.29 is 13.9 Å². The Hall–Kier alpha value is -1.16. The maximum atomic E-state index is 13.6. The molecule has 2 aliphatic carbocycles. The largest absolute Gasteiger partial charge is 0.426 e. The minimum absolute atomic E-state index is 0.0285. The van der Waals surface area contributed by atoms with Crippen LogP contribution in [0.1, 0.15) is 56.9 Å². The highest BCUT2D eigenvalue weighted by molar-refractivity contribution is 6.08. The summed E-state index contributed by atoms with van der Waals surface area (Å²) in [6, 6.07) is 5.76. The summed E-state index contributed by atoms with van der Waals surface area (Å²) < 4.78 is 19.0. The van der Waals surface area contributed by atoms with Crippen LogP contribution in [0.3, 0.4) is 0 Å². The van der Waals surface area contributed by atoms with E-state index in [1.165, 1.54) is 31.7 Å². The van der Waals surface area contributed by atoms with E-state index in [1.54, 1.807) is 19.1 Å². The lowest BCUT2D eigenvalue weighted by atomic mass is 9.69. The molecule has 2 aliphatic rings. The summed E-state index contributed by atoms with van der Waals surface area (Å²) in [6.07, 6.45) is 9.46. The highest BCUT2D eigenvalue weighted by atomic mass is 28.1. The monoisotopic (exact) mass is 359 g/mol. The first-order chi connectivity index (χ1) is 12.1. The molecule has 1 aromatic carbocycles. The molecule has 0 amide bonds. The Bertz CT molecular complexity index is 588. The van der Waals surface area contributed by atoms with E-state index in [1.807, 2.05) is 0 Å². The Morgan fingerprint density at radius 2 is 1.68 bits per heavy atom. The van der Waals surface area contributed by atoms with Gasteiger partial charge in [-0.25, -0.2) is 4.39 Å². The Morgan fingerprint density at radius 3 is 2.24 bits per heavy atom. The van der Waals surface area contributed by atoms with Gasteiger partial charge in [0.2, 0.25) is 0 Å². The van der Waals surface area contributed by atoms with Crippen molar-refractivity contribution in [2.24, 2.45) is 23.7 Å². The van der Waals surface area contributed by atoms with Crippen LogP contribution < -0.4 is 4.74 Å². The van der Waals surface area contributed by atoms with Crippen molar-refractivity contribution in [2.75, 3.05) is 0 Å². The molecule has 135 valence electrons. The Kier molecular flexibility index (Phi) is 6.32. The van der Waals surface area contributed by atoms with Crippen molar-refractivity contribution in [2.45, 2.75) is 64.3 Å². The molecule has 2 nitrogen and oxygen atoms in total. The number of ether oxygens (including phenoxy) is 1. The third kappa shape index (κ3) is 4.72. The van der Waals surface area contributed by atoms with Crippen LogP contribution in [0, 0.1) is 36.4 Å². The minimum atomic E-state index is -0.326. The molecule has 0 N–H and O–H groups in total. The Balaban J connectivity index is 1.47. The molecule has 25 heavy (non-hydrogen) atoms. The fraction of sp³-hybridized carbons (Fsp3) is 0.667. The molecule has 3 radical (unpaired) electrons. The molecule has 3 rings (SSSR count). The highest BCUT2D eigenvalue weighted by Crippen LogP contribution is 2.42. The van der Waals surface area contributed by atoms with E-state index in [4.69, 9.17) is 4.74 Å². The van der Waals surface area contributed by atoms with Crippen LogP contribution in [0.4, 0.5) is 4.39 Å². The van der Waals surface area contributed by atoms with E-state index in [-0.39, 0.29) is 17.7 Å². The van der Waals surface area contributed by atoms with E-state index in [2.05, 4.69) is 10.2 Å². The van der Waals surface area contributed by atoms with Gasteiger partial charge in [0, 0.05) is 16.3 Å². The molecular formula is C21H28FO2Si. The van der Waals surface area contributed by atoms with Crippen molar-refractivity contribution in [3.8, 4) is 5.75 Å². The van der Waals surface area contributed by atoms with Crippen molar-refractivity contribution in [3.05, 3.63) is 29.6 Å². The molecule has 0 saturated heterocycles. The van der Waals surface area contributed by atoms with Crippen LogP contribution in [0.5, 0.6) is 5.75 Å². The lowest BCUT2D eigenvalue weighted by molar-refractivity contribution is -0.140. The van der Waals surface area contributed by atoms with E-state index >= 15 is 0 Å². The predicted octanol–water partition coefficient (Wildman–Crippen LogP) is 5.24. The number of halogens is 1. The molecule has 0 aliphatic heterocycles. The second-order valence-electron chi connectivity index (χ2n) is 7.93. The number of esters is 1. The first-order valence-corrected chi connectivity index (χ1v) is 10.4. The Morgan fingerprint density at radius 1 is 1.08 bits per heavy atom. The van der Waals surface area contributed by atoms with E-state index < -0.39 is 0 Å². The zero-order chi connectivity index (χ0) is 17.8. The lowest BCUT2D eigenvalue weighted by Crippen LogP contribution is -2.30. The van der Waals surface area contributed by atoms with Crippen LogP contribution in [0.25, 0.3) is 0 Å². The van der Waals surface area contributed by atoms with Crippen LogP contribution in [0.15, 0.2) is 18.2 Å². The van der Waals surface area contributed by atoms with Crippen molar-refractivity contribution in [3.63, 3.8) is 0 Å². The van der Waals surface area contributed by atoms with Gasteiger partial charge < -0.3 is 4.74 Å². The summed E-state index contributed by atoms with van der Waals surface area (Å²) in [5, 5.41) is 0. The van der Waals surface area contributed by atoms with E-state index in [9.17, 15) is 9.18 Å². The molecule has 0 heterocycles. The number of hydrogen-bond acceptors (Lipinski definition) is 2. The molecule has 1 aromatic rings. The summed E-state index contributed by atoms with van der Waals surface area (Å²) in [5.41, 5.74) is 0.565. The molecule has 0 bridgehead atoms. The lowest BCUT2D eigenvalue weighted by Gasteiger charge is -2.37. The molecule has 2 saturated carbocycles. The first kappa shape index (κ1) is 18.6. The normalized spacial score (nSPS) is 30.0. The SMILES string of the molecule is Cc1ccc(OC(=O)C2CCC(C3CCC(C[Si])CC3)CC2)cc1F. The summed E-state index contributed by atoms with van der Waals surface area (Å²) >= 11 is 0. The number of aryl methyl sites for hydroxylation is 1. The second-order valence-corrected chi connectivity index (χ2v) is 8.34. The predicted molar refractivity (Wildman–Crippen MR) is 98.2 cm³/mol. The first-order valence-electron chi connectivity index (χ1n) is 9.69. The van der Waals surface area contributed by atoms with E-state index in [0.717, 1.165) is 49.5 Å². The zero-order valence-corrected chi connectivity index (χ0v) is 16.1. The smallest absolute Gasteiger partial charge is 0.314 e. The van der Waals surface area contributed by atoms with Gasteiger partial charge in [0.15, 0.2) is 0 Å². The van der Waals surface area contributed by atoms with Gasteiger partial charge in [0.1, 0.15) is 11.6 Å². The molecule has 0 atom stereocenters. The molecule has 4 heteroatoms. The van der Waals surface area contributed by atoms with Crippen LogP contribution >= 0.6 is 0 Å². The fourth-order valence-corrected chi connectivity index (χ4v) is 4.93. The van der Waals surface area contributed by atoms with Crippen molar-refractivity contribution in [1.29, 1.82) is 0 Å². The number of benzene rings is 1. The van der Waals surface area contributed by atoms with Crippen molar-refractivity contribution in [1.82, 2.24) is 0 Å². The summed E-state index contributed by atoms with van der Waals surface area (Å²) in [4.78, 5) is 12.4. The van der Waals surface area contributed by atoms with Gasteiger partial charge in [0.05, 0.1) is 5.92 Å².